The highest BCUT2D eigenvalue weighted by molar-refractivity contribution is 5.89. The van der Waals surface area contributed by atoms with E-state index in [-0.39, 0.29) is 0 Å². The molecule has 18 aromatic rings. The predicted molar refractivity (Wildman–Crippen MR) is 619 cm³/mol. The van der Waals surface area contributed by atoms with E-state index in [0.717, 1.165) is 92.0 Å². The molecule has 9 aliphatic rings. The molecular weight excluding hydrogens is 1800 g/mol. The van der Waals surface area contributed by atoms with E-state index in [0.29, 0.717) is 0 Å². The van der Waals surface area contributed by atoms with Gasteiger partial charge < -0.3 is 0 Å². The topological polar surface area (TPSA) is 116 Å². The summed E-state index contributed by atoms with van der Waals surface area (Å²) >= 11 is 0. The monoisotopic (exact) mass is 1940 g/mol. The first-order valence-electron chi connectivity index (χ1n) is 53.2. The number of hydrogen-bond donors (Lipinski definition) is 0. The van der Waals surface area contributed by atoms with E-state index in [9.17, 15) is 0 Å². The molecule has 9 aliphatic carbocycles. The van der Waals surface area contributed by atoms with Gasteiger partial charge in [0.1, 0.15) is 0 Å². The molecule has 0 bridgehead atoms. The Hall–Kier alpha value is -14.7. The van der Waals surface area contributed by atoms with Crippen LogP contribution in [-0.2, 0) is 57.8 Å². The zero-order valence-electron chi connectivity index (χ0n) is 93.4. The molecule has 148 heavy (non-hydrogen) atoms. The minimum atomic E-state index is 0.993. The number of hydrogen-bond acceptors (Lipinski definition) is 9. The van der Waals surface area contributed by atoms with Crippen molar-refractivity contribution in [3.05, 3.63) is 469 Å². The van der Waals surface area contributed by atoms with Crippen LogP contribution in [0.4, 0.5) is 0 Å². The second-order valence-corrected chi connectivity index (χ2v) is 43.8. The summed E-state index contributed by atoms with van der Waals surface area (Å²) in [6.07, 6.45) is 25.5. The summed E-state index contributed by atoms with van der Waals surface area (Å²) in [6, 6.07) is 53.2. The lowest BCUT2D eigenvalue weighted by Gasteiger charge is -2.12. The molecule has 0 saturated carbocycles. The number of benzene rings is 9. The van der Waals surface area contributed by atoms with Crippen LogP contribution in [0, 0.1) is 215 Å². The number of aromatic nitrogens is 9. The Morgan fingerprint density at radius 3 is 1.09 bits per heavy atom. The Bertz CT molecular complexity index is 8450. The maximum absolute atomic E-state index is 4.73. The molecule has 0 aliphatic heterocycles. The molecule has 0 saturated heterocycles. The molecule has 9 heterocycles. The van der Waals surface area contributed by atoms with Gasteiger partial charge in [0, 0.05) is 164 Å². The van der Waals surface area contributed by atoms with Crippen LogP contribution in [0.5, 0.6) is 0 Å². The van der Waals surface area contributed by atoms with Crippen LogP contribution in [0.15, 0.2) is 195 Å². The molecule has 0 spiro atoms. The van der Waals surface area contributed by atoms with Gasteiger partial charge in [-0.3, -0.25) is 44.9 Å². The molecule has 0 atom stereocenters. The average Bonchev–Trinajstić information content (AvgIpc) is 1.61. The zero-order valence-corrected chi connectivity index (χ0v) is 93.4. The summed E-state index contributed by atoms with van der Waals surface area (Å²) in [7, 11) is 0. The first kappa shape index (κ1) is 102. The van der Waals surface area contributed by atoms with Gasteiger partial charge in [-0.25, -0.2) is 0 Å². The number of aryl methyl sites for hydroxylation is 20. The first-order valence-corrected chi connectivity index (χ1v) is 53.2. The molecule has 0 fully saturated rings. The van der Waals surface area contributed by atoms with Crippen molar-refractivity contribution in [2.45, 2.75) is 272 Å². The number of pyridine rings is 9. The second kappa shape index (κ2) is 40.9. The third kappa shape index (κ3) is 18.7. The van der Waals surface area contributed by atoms with Crippen molar-refractivity contribution in [2.24, 2.45) is 0 Å². The van der Waals surface area contributed by atoms with E-state index in [2.05, 4.69) is 406 Å². The summed E-state index contributed by atoms with van der Waals surface area (Å²) in [4.78, 5) is 40.7. The fourth-order valence-corrected chi connectivity index (χ4v) is 24.5. The Morgan fingerprint density at radius 1 is 0.149 bits per heavy atom. The quantitative estimate of drug-likeness (QED) is 0.146. The van der Waals surface area contributed by atoms with Crippen LogP contribution in [0.1, 0.15) is 274 Å². The molecular formula is C139H143N9. The first-order chi connectivity index (χ1) is 70.7. The van der Waals surface area contributed by atoms with Crippen LogP contribution < -0.4 is 0 Å². The number of rotatable bonds is 0. The highest BCUT2D eigenvalue weighted by Gasteiger charge is 2.33. The summed E-state index contributed by atoms with van der Waals surface area (Å²) in [6.45, 7) is 67.2. The maximum atomic E-state index is 4.73. The van der Waals surface area contributed by atoms with Crippen LogP contribution >= 0.6 is 0 Å². The second-order valence-electron chi connectivity index (χ2n) is 43.8. The van der Waals surface area contributed by atoms with E-state index >= 15 is 0 Å². The molecule has 0 N–H and O–H groups in total. The van der Waals surface area contributed by atoms with Gasteiger partial charge in [0.05, 0.1) is 17.1 Å². The van der Waals surface area contributed by atoms with Gasteiger partial charge in [-0.05, 0) is 504 Å². The molecule has 9 heteroatoms. The van der Waals surface area contributed by atoms with Crippen molar-refractivity contribution in [3.63, 3.8) is 0 Å². The van der Waals surface area contributed by atoms with Crippen molar-refractivity contribution in [2.75, 3.05) is 0 Å². The molecule has 9 aromatic heterocycles. The summed E-state index contributed by atoms with van der Waals surface area (Å²) in [5.41, 5.74) is 91.5. The standard InChI is InChI=1S/5C16H17N.3C15H15N.C14H13N/c1-9-5-13-7-14-8-17-12(4)11(3)16(14)15(13)6-10(9)2;1-9-5-10(2)14-7-13-8-17-12(4)11(3)16(13)15(14)6-9;1-9-5-10(2)15-13(6-9)7-14-8-17-12(4)11(3)16(14)15;1-9-5-6-13-7-14-8-17-12(4)11(3)16(14)15(13)10(9)2;1-9-5-6-10(2)15-14(9)7-13-8-17-12(4)11(3)16(13)15;1-9-5-4-6-13-14(9)7-12-8-16-11(3)10(2)15(12)13;1-9-5-4-6-12-7-13-15(14(9)12)11(3)10(2)8-16-13;1-9-10(2)15-13-7-5-4-6-12(13)8-14(15)16-11(9)3;1-9-8-15-13-7-11-5-3-4-6-12(11)14(13)10(9)2/h5*5-6,8H,7H2,1-4H3;2*4-6,8H,7H2,1-3H3;4-7H,8H2,1-3H3;3-6,8H,7H2,1-2H3. The Balaban J connectivity index is 0.000000105. The highest BCUT2D eigenvalue weighted by atomic mass is 14.7. The van der Waals surface area contributed by atoms with Crippen molar-refractivity contribution in [1.82, 2.24) is 44.9 Å². The van der Waals surface area contributed by atoms with Gasteiger partial charge in [0.25, 0.3) is 0 Å². The van der Waals surface area contributed by atoms with Crippen LogP contribution in [0.25, 0.3) is 100 Å². The SMILES string of the molecule is Cc1cc(C)c2c(c1)-c1c(cnc(C)c1C)C2.Cc1cc(C)c2c(c1)Cc1cnc(C)c(C)c1-2.Cc1cc2c(cc1C)-c1c(cnc(C)c1C)C2.Cc1ccc(C)c2c1Cc1cnc(C)c(C)c1-2.Cc1ccc2c(c1C)-c1c(cnc(C)c1C)C2.Cc1cccc2c1Cc1cnc(C)c(C)c1-2.Cc1cnc2c(c1C)-c1c(C)cccc1C2.Cc1cnc2c(c1C)-c1ccccc1C2.Cc1nc2c(c(C)c1C)-c1ccccc1C2. The van der Waals surface area contributed by atoms with Gasteiger partial charge >= 0.3 is 0 Å². The van der Waals surface area contributed by atoms with Gasteiger partial charge in [0.15, 0.2) is 0 Å². The zero-order chi connectivity index (χ0) is 105. The molecule has 744 valence electrons. The van der Waals surface area contributed by atoms with Gasteiger partial charge in [-0.2, -0.15) is 0 Å². The fraction of sp³-hybridized carbons (Fsp3) is 0.288. The predicted octanol–water partition coefficient (Wildman–Crippen LogP) is 33.4. The Morgan fingerprint density at radius 2 is 0.507 bits per heavy atom. The number of fused-ring (bicyclic) bond motifs is 27. The summed E-state index contributed by atoms with van der Waals surface area (Å²) in [5, 5.41) is 0. The smallest absolute Gasteiger partial charge is 0.0532 e. The van der Waals surface area contributed by atoms with Gasteiger partial charge in [-0.1, -0.05) is 157 Å². The normalized spacial score (nSPS) is 12.5. The fourth-order valence-electron chi connectivity index (χ4n) is 24.5. The lowest BCUT2D eigenvalue weighted by molar-refractivity contribution is 1.04. The lowest BCUT2D eigenvalue weighted by atomic mass is 9.94. The van der Waals surface area contributed by atoms with E-state index in [1.165, 1.54) is 340 Å². The lowest BCUT2D eigenvalue weighted by Crippen LogP contribution is -1.97. The average molecular weight is 1940 g/mol. The highest BCUT2D eigenvalue weighted by Crippen LogP contribution is 2.51. The molecule has 27 rings (SSSR count). The Kier molecular flexibility index (Phi) is 28.2. The third-order valence-electron chi connectivity index (χ3n) is 34.3. The van der Waals surface area contributed by atoms with Crippen molar-refractivity contribution in [1.29, 1.82) is 0 Å². The largest absolute Gasteiger partial charge is 0.261 e. The van der Waals surface area contributed by atoms with Crippen LogP contribution in [0.2, 0.25) is 0 Å². The van der Waals surface area contributed by atoms with Crippen molar-refractivity contribution in [3.8, 4) is 100 Å². The van der Waals surface area contributed by atoms with E-state index < -0.39 is 0 Å². The van der Waals surface area contributed by atoms with E-state index in [1.54, 1.807) is 0 Å². The van der Waals surface area contributed by atoms with Gasteiger partial charge in [-0.15, -0.1) is 0 Å². The van der Waals surface area contributed by atoms with E-state index in [1.807, 2.05) is 43.4 Å². The Labute approximate surface area is 880 Å². The molecule has 0 amide bonds. The van der Waals surface area contributed by atoms with E-state index in [4.69, 9.17) is 4.98 Å². The van der Waals surface area contributed by atoms with Crippen LogP contribution in [-0.4, -0.2) is 44.9 Å². The molecule has 9 aromatic carbocycles. The molecule has 9 nitrogen and oxygen atoms in total. The molecule has 0 unspecified atom stereocenters. The summed E-state index contributed by atoms with van der Waals surface area (Å²) in [5.74, 6) is 0. The van der Waals surface area contributed by atoms with Gasteiger partial charge in [0.2, 0.25) is 0 Å². The van der Waals surface area contributed by atoms with Crippen molar-refractivity contribution >= 4 is 0 Å². The molecule has 0 radical (unpaired) electrons. The maximum Gasteiger partial charge on any atom is 0.0532 e. The minimum absolute atomic E-state index is 0.993. The van der Waals surface area contributed by atoms with Crippen molar-refractivity contribution < 1.29 is 0 Å². The number of nitrogens with zero attached hydrogens (tertiary/aromatic N) is 9. The van der Waals surface area contributed by atoms with Crippen LogP contribution in [0.3, 0.4) is 0 Å². The minimum Gasteiger partial charge on any atom is -0.261 e. The summed E-state index contributed by atoms with van der Waals surface area (Å²) < 4.78 is 0. The third-order valence-corrected chi connectivity index (χ3v) is 34.3.